The number of nitrogens with zero attached hydrogens (tertiary/aromatic N) is 2. The number of hydrogen-bond donors (Lipinski definition) is 0. The average Bonchev–Trinajstić information content (AvgIpc) is 2.78. The highest BCUT2D eigenvalue weighted by Gasteiger charge is 2.17. The molecule has 0 bridgehead atoms. The van der Waals surface area contributed by atoms with E-state index in [1.54, 1.807) is 18.0 Å². The number of aromatic nitrogens is 2. The van der Waals surface area contributed by atoms with Gasteiger partial charge in [0.05, 0.1) is 37.5 Å². The first-order chi connectivity index (χ1) is 8.69. The first-order valence-corrected chi connectivity index (χ1v) is 6.19. The predicted octanol–water partition coefficient (Wildman–Crippen LogP) is 2.23. The molecule has 0 saturated heterocycles. The molecule has 2 aromatic rings. The summed E-state index contributed by atoms with van der Waals surface area (Å²) in [6.45, 7) is 1.21. The van der Waals surface area contributed by atoms with Crippen molar-refractivity contribution in [1.82, 2.24) is 9.78 Å². The number of halogens is 1. The lowest BCUT2D eigenvalue weighted by atomic mass is 10.1. The van der Waals surface area contributed by atoms with Crippen LogP contribution < -0.4 is 0 Å². The third-order valence-corrected chi connectivity index (χ3v) is 3.33. The highest BCUT2D eigenvalue weighted by atomic mass is 79.9. The fraction of sp³-hybridized carbons (Fsp3) is 0.333. The van der Waals surface area contributed by atoms with Crippen LogP contribution in [0.4, 0.5) is 0 Å². The number of benzene rings is 1. The van der Waals surface area contributed by atoms with Crippen molar-refractivity contribution in [3.05, 3.63) is 28.4 Å². The summed E-state index contributed by atoms with van der Waals surface area (Å²) in [5.41, 5.74) is 1.38. The van der Waals surface area contributed by atoms with Crippen molar-refractivity contribution < 1.29 is 14.3 Å². The Hall–Kier alpha value is -1.40. The van der Waals surface area contributed by atoms with Crippen LogP contribution in [-0.2, 0) is 16.0 Å². The van der Waals surface area contributed by atoms with Crippen LogP contribution in [0.25, 0.3) is 10.9 Å². The highest BCUT2D eigenvalue weighted by Crippen LogP contribution is 2.27. The average molecular weight is 313 g/mol. The van der Waals surface area contributed by atoms with E-state index in [-0.39, 0.29) is 5.97 Å². The Labute approximate surface area is 113 Å². The minimum absolute atomic E-state index is 0.376. The van der Waals surface area contributed by atoms with Gasteiger partial charge in [0.1, 0.15) is 0 Å². The molecule has 0 aliphatic carbocycles. The third kappa shape index (κ3) is 2.26. The van der Waals surface area contributed by atoms with Crippen molar-refractivity contribution in [2.75, 3.05) is 20.8 Å². The Morgan fingerprint density at radius 2 is 2.22 bits per heavy atom. The normalized spacial score (nSPS) is 10.8. The lowest BCUT2D eigenvalue weighted by molar-refractivity contribution is 0.0602. The quantitative estimate of drug-likeness (QED) is 0.812. The van der Waals surface area contributed by atoms with Crippen LogP contribution in [-0.4, -0.2) is 36.6 Å². The summed E-state index contributed by atoms with van der Waals surface area (Å²) < 4.78 is 12.3. The van der Waals surface area contributed by atoms with Gasteiger partial charge in [0.25, 0.3) is 0 Å². The molecule has 0 N–H and O–H groups in total. The summed E-state index contributed by atoms with van der Waals surface area (Å²) in [4.78, 5) is 11.8. The van der Waals surface area contributed by atoms with Crippen LogP contribution in [0.15, 0.2) is 22.8 Å². The highest BCUT2D eigenvalue weighted by molar-refractivity contribution is 9.10. The van der Waals surface area contributed by atoms with Crippen molar-refractivity contribution in [3.63, 3.8) is 0 Å². The van der Waals surface area contributed by atoms with Gasteiger partial charge >= 0.3 is 5.97 Å². The van der Waals surface area contributed by atoms with Gasteiger partial charge in [0.2, 0.25) is 0 Å². The van der Waals surface area contributed by atoms with Gasteiger partial charge in [-0.15, -0.1) is 0 Å². The second kappa shape index (κ2) is 5.49. The van der Waals surface area contributed by atoms with E-state index < -0.39 is 0 Å². The number of fused-ring (bicyclic) bond motifs is 1. The molecule has 0 aliphatic rings. The third-order valence-electron chi connectivity index (χ3n) is 2.67. The number of carbonyl (C=O) groups excluding carboxylic acids is 1. The summed E-state index contributed by atoms with van der Waals surface area (Å²) in [5.74, 6) is -0.376. The van der Waals surface area contributed by atoms with Gasteiger partial charge in [0, 0.05) is 17.0 Å². The zero-order valence-corrected chi connectivity index (χ0v) is 11.7. The van der Waals surface area contributed by atoms with E-state index in [9.17, 15) is 4.79 Å². The molecule has 0 aliphatic heterocycles. The van der Waals surface area contributed by atoms with E-state index in [1.807, 2.05) is 12.1 Å². The SMILES string of the molecule is COCCn1ncc2c(C(=O)OC)c(Br)ccc21. The molecule has 1 aromatic carbocycles. The fourth-order valence-electron chi connectivity index (χ4n) is 1.79. The molecule has 6 heteroatoms. The first-order valence-electron chi connectivity index (χ1n) is 5.40. The van der Waals surface area contributed by atoms with Crippen molar-refractivity contribution in [1.29, 1.82) is 0 Å². The molecule has 1 aromatic heterocycles. The number of carbonyl (C=O) groups is 1. The van der Waals surface area contributed by atoms with Crippen LogP contribution in [0.3, 0.4) is 0 Å². The topological polar surface area (TPSA) is 53.4 Å². The van der Waals surface area contributed by atoms with E-state index in [1.165, 1.54) is 7.11 Å². The van der Waals surface area contributed by atoms with Gasteiger partial charge in [-0.2, -0.15) is 5.10 Å². The largest absolute Gasteiger partial charge is 0.465 e. The molecule has 0 radical (unpaired) electrons. The van der Waals surface area contributed by atoms with Crippen LogP contribution >= 0.6 is 15.9 Å². The van der Waals surface area contributed by atoms with Crippen LogP contribution in [0.1, 0.15) is 10.4 Å². The molecule has 0 amide bonds. The lowest BCUT2D eigenvalue weighted by Gasteiger charge is -2.06. The van der Waals surface area contributed by atoms with Crippen LogP contribution in [0, 0.1) is 0 Å². The lowest BCUT2D eigenvalue weighted by Crippen LogP contribution is -2.06. The summed E-state index contributed by atoms with van der Waals surface area (Å²) in [7, 11) is 3.01. The molecule has 0 atom stereocenters. The van der Waals surface area contributed by atoms with E-state index in [4.69, 9.17) is 9.47 Å². The molecule has 5 nitrogen and oxygen atoms in total. The van der Waals surface area contributed by atoms with E-state index in [0.29, 0.717) is 23.2 Å². The number of rotatable bonds is 4. The van der Waals surface area contributed by atoms with Crippen LogP contribution in [0.2, 0.25) is 0 Å². The summed E-state index contributed by atoms with van der Waals surface area (Å²) in [6, 6.07) is 3.73. The van der Waals surface area contributed by atoms with Gasteiger partial charge < -0.3 is 9.47 Å². The maximum Gasteiger partial charge on any atom is 0.339 e. The van der Waals surface area contributed by atoms with Gasteiger partial charge in [-0.3, -0.25) is 4.68 Å². The van der Waals surface area contributed by atoms with Gasteiger partial charge in [-0.1, -0.05) is 0 Å². The Kier molecular flexibility index (Phi) is 3.98. The number of esters is 1. The van der Waals surface area contributed by atoms with Gasteiger partial charge in [0.15, 0.2) is 0 Å². The zero-order chi connectivity index (χ0) is 13.1. The van der Waals surface area contributed by atoms with E-state index in [0.717, 1.165) is 10.9 Å². The molecule has 0 fully saturated rings. The molecule has 0 saturated carbocycles. The zero-order valence-electron chi connectivity index (χ0n) is 10.1. The second-order valence-electron chi connectivity index (χ2n) is 3.71. The standard InChI is InChI=1S/C12H13BrN2O3/c1-17-6-5-15-10-4-3-9(13)11(12(16)18-2)8(10)7-14-15/h3-4,7H,5-6H2,1-2H3. The van der Waals surface area contributed by atoms with Crippen LogP contribution in [0.5, 0.6) is 0 Å². The Morgan fingerprint density at radius 3 is 2.89 bits per heavy atom. The summed E-state index contributed by atoms with van der Waals surface area (Å²) in [5, 5.41) is 5.03. The molecule has 0 unspecified atom stereocenters. The Balaban J connectivity index is 2.54. The molecule has 96 valence electrons. The van der Waals surface area contributed by atoms with Crippen molar-refractivity contribution >= 4 is 32.8 Å². The molecule has 0 spiro atoms. The maximum atomic E-state index is 11.8. The second-order valence-corrected chi connectivity index (χ2v) is 4.56. The molecule has 1 heterocycles. The Morgan fingerprint density at radius 1 is 1.44 bits per heavy atom. The predicted molar refractivity (Wildman–Crippen MR) is 70.6 cm³/mol. The Bertz CT molecular complexity index is 580. The number of ether oxygens (including phenoxy) is 2. The summed E-state index contributed by atoms with van der Waals surface area (Å²) in [6.07, 6.45) is 1.67. The smallest absolute Gasteiger partial charge is 0.339 e. The van der Waals surface area contributed by atoms with E-state index >= 15 is 0 Å². The van der Waals surface area contributed by atoms with Crippen molar-refractivity contribution in [2.45, 2.75) is 6.54 Å². The molecular formula is C12H13BrN2O3. The number of hydrogen-bond acceptors (Lipinski definition) is 4. The fourth-order valence-corrected chi connectivity index (χ4v) is 2.30. The van der Waals surface area contributed by atoms with E-state index in [2.05, 4.69) is 21.0 Å². The molecular weight excluding hydrogens is 300 g/mol. The van der Waals surface area contributed by atoms with Gasteiger partial charge in [-0.05, 0) is 28.1 Å². The minimum atomic E-state index is -0.376. The molecule has 2 rings (SSSR count). The molecule has 18 heavy (non-hydrogen) atoms. The minimum Gasteiger partial charge on any atom is -0.465 e. The number of methoxy groups -OCH3 is 2. The van der Waals surface area contributed by atoms with Gasteiger partial charge in [-0.25, -0.2) is 4.79 Å². The van der Waals surface area contributed by atoms with Crippen molar-refractivity contribution in [2.24, 2.45) is 0 Å². The maximum absolute atomic E-state index is 11.8. The monoisotopic (exact) mass is 312 g/mol. The summed E-state index contributed by atoms with van der Waals surface area (Å²) >= 11 is 3.36. The first kappa shape index (κ1) is 13.0. The van der Waals surface area contributed by atoms with Crippen molar-refractivity contribution in [3.8, 4) is 0 Å².